The van der Waals surface area contributed by atoms with Crippen molar-refractivity contribution in [1.29, 1.82) is 0 Å². The van der Waals surface area contributed by atoms with Gasteiger partial charge in [0.05, 0.1) is 12.9 Å². The van der Waals surface area contributed by atoms with Crippen molar-refractivity contribution in [2.24, 2.45) is 0 Å². The molecule has 0 fully saturated rings. The summed E-state index contributed by atoms with van der Waals surface area (Å²) in [6, 6.07) is 25.2. The number of thioether (sulfide) groups is 1. The lowest BCUT2D eigenvalue weighted by molar-refractivity contribution is -0.113. The highest BCUT2D eigenvalue weighted by molar-refractivity contribution is 7.99. The van der Waals surface area contributed by atoms with E-state index < -0.39 is 0 Å². The summed E-state index contributed by atoms with van der Waals surface area (Å²) in [5.74, 6) is 1.50. The zero-order chi connectivity index (χ0) is 23.3. The molecule has 0 saturated carbocycles. The van der Waals surface area contributed by atoms with E-state index in [1.807, 2.05) is 83.4 Å². The second-order valence-corrected chi connectivity index (χ2v) is 8.38. The van der Waals surface area contributed by atoms with Crippen LogP contribution < -0.4 is 10.1 Å². The van der Waals surface area contributed by atoms with Crippen molar-refractivity contribution < 1.29 is 9.53 Å². The second-order valence-electron chi connectivity index (χ2n) is 7.44. The molecule has 5 aromatic rings. The number of rotatable bonds is 7. The van der Waals surface area contributed by atoms with Crippen molar-refractivity contribution in [3.8, 4) is 22.8 Å². The summed E-state index contributed by atoms with van der Waals surface area (Å²) >= 11 is 1.33. The standard InChI is InChI=1S/C26H21N5O2S/c1-33-21-11-9-20(10-12-21)31-25(19-13-15-27-16-14-19)29-30-26(31)34-17-24(32)28-23-8-4-6-18-5-2-3-7-22(18)23/h2-16H,17H2,1H3,(H,28,32). The number of carbonyl (C=O) groups is 1. The summed E-state index contributed by atoms with van der Waals surface area (Å²) in [4.78, 5) is 16.9. The van der Waals surface area contributed by atoms with Crippen LogP contribution in [-0.2, 0) is 4.79 Å². The molecule has 0 bridgehead atoms. The normalized spacial score (nSPS) is 10.9. The maximum atomic E-state index is 12.8. The number of methoxy groups -OCH3 is 1. The first-order chi connectivity index (χ1) is 16.7. The molecule has 2 heterocycles. The van der Waals surface area contributed by atoms with E-state index in [4.69, 9.17) is 4.74 Å². The zero-order valence-electron chi connectivity index (χ0n) is 18.4. The number of nitrogens with one attached hydrogen (secondary N) is 1. The predicted molar refractivity (Wildman–Crippen MR) is 134 cm³/mol. The minimum absolute atomic E-state index is 0.115. The van der Waals surface area contributed by atoms with E-state index in [9.17, 15) is 4.79 Å². The molecule has 2 aromatic heterocycles. The first kappa shape index (κ1) is 21.7. The summed E-state index contributed by atoms with van der Waals surface area (Å²) in [5, 5.41) is 14.5. The van der Waals surface area contributed by atoms with Gasteiger partial charge in [-0.25, -0.2) is 0 Å². The lowest BCUT2D eigenvalue weighted by Crippen LogP contribution is -2.14. The van der Waals surface area contributed by atoms with Crippen LogP contribution in [-0.4, -0.2) is 38.5 Å². The Balaban J connectivity index is 1.41. The fourth-order valence-electron chi connectivity index (χ4n) is 3.67. The van der Waals surface area contributed by atoms with Gasteiger partial charge in [0.25, 0.3) is 0 Å². The van der Waals surface area contributed by atoms with E-state index in [0.717, 1.165) is 33.5 Å². The Labute approximate surface area is 200 Å². The lowest BCUT2D eigenvalue weighted by Gasteiger charge is -2.11. The van der Waals surface area contributed by atoms with Crippen LogP contribution in [0.1, 0.15) is 0 Å². The fraction of sp³-hybridized carbons (Fsp3) is 0.0769. The van der Waals surface area contributed by atoms with Crippen LogP contribution in [0.15, 0.2) is 96.4 Å². The topological polar surface area (TPSA) is 81.9 Å². The Morgan fingerprint density at radius 1 is 0.941 bits per heavy atom. The molecule has 5 rings (SSSR count). The van der Waals surface area contributed by atoms with E-state index in [1.54, 1.807) is 19.5 Å². The number of hydrogen-bond donors (Lipinski definition) is 1. The van der Waals surface area contributed by atoms with Crippen LogP contribution in [0.3, 0.4) is 0 Å². The van der Waals surface area contributed by atoms with Crippen molar-refractivity contribution in [1.82, 2.24) is 19.7 Å². The molecule has 7 nitrogen and oxygen atoms in total. The van der Waals surface area contributed by atoms with Crippen LogP contribution in [0.2, 0.25) is 0 Å². The molecule has 0 spiro atoms. The molecule has 0 saturated heterocycles. The Bertz CT molecular complexity index is 1430. The summed E-state index contributed by atoms with van der Waals surface area (Å²) in [6.07, 6.45) is 3.43. The van der Waals surface area contributed by atoms with Crippen molar-refractivity contribution in [3.05, 3.63) is 91.3 Å². The van der Waals surface area contributed by atoms with E-state index in [0.29, 0.717) is 11.0 Å². The molecule has 1 amide bonds. The number of aromatic nitrogens is 4. The summed E-state index contributed by atoms with van der Waals surface area (Å²) in [6.45, 7) is 0. The van der Waals surface area contributed by atoms with Gasteiger partial charge in [0, 0.05) is 34.7 Å². The second kappa shape index (κ2) is 9.76. The van der Waals surface area contributed by atoms with Gasteiger partial charge in [-0.05, 0) is 47.9 Å². The Morgan fingerprint density at radius 3 is 2.50 bits per heavy atom. The molecular formula is C26H21N5O2S. The number of fused-ring (bicyclic) bond motifs is 1. The van der Waals surface area contributed by atoms with E-state index >= 15 is 0 Å². The lowest BCUT2D eigenvalue weighted by atomic mass is 10.1. The average molecular weight is 468 g/mol. The minimum atomic E-state index is -0.115. The molecule has 0 radical (unpaired) electrons. The molecule has 3 aromatic carbocycles. The molecule has 0 aliphatic heterocycles. The fourth-order valence-corrected chi connectivity index (χ4v) is 4.42. The van der Waals surface area contributed by atoms with E-state index in [1.165, 1.54) is 11.8 Å². The van der Waals surface area contributed by atoms with Crippen LogP contribution in [0, 0.1) is 0 Å². The number of pyridine rings is 1. The van der Waals surface area contributed by atoms with Crippen molar-refractivity contribution in [3.63, 3.8) is 0 Å². The molecule has 0 atom stereocenters. The first-order valence-corrected chi connectivity index (χ1v) is 11.6. The van der Waals surface area contributed by atoms with Crippen molar-refractivity contribution in [2.45, 2.75) is 5.16 Å². The number of carbonyl (C=O) groups excluding carboxylic acids is 1. The zero-order valence-corrected chi connectivity index (χ0v) is 19.2. The largest absolute Gasteiger partial charge is 0.497 e. The molecule has 0 unspecified atom stereocenters. The van der Waals surface area contributed by atoms with Crippen molar-refractivity contribution >= 4 is 34.1 Å². The summed E-state index contributed by atoms with van der Waals surface area (Å²) in [7, 11) is 1.63. The number of anilines is 1. The Morgan fingerprint density at radius 2 is 1.71 bits per heavy atom. The molecule has 1 N–H and O–H groups in total. The number of hydrogen-bond acceptors (Lipinski definition) is 6. The summed E-state index contributed by atoms with van der Waals surface area (Å²) < 4.78 is 7.23. The molecule has 8 heteroatoms. The highest BCUT2D eigenvalue weighted by atomic mass is 32.2. The van der Waals surface area contributed by atoms with Gasteiger partial charge in [-0.1, -0.05) is 48.2 Å². The highest BCUT2D eigenvalue weighted by Gasteiger charge is 2.18. The van der Waals surface area contributed by atoms with Gasteiger partial charge in [0.2, 0.25) is 5.91 Å². The van der Waals surface area contributed by atoms with Gasteiger partial charge < -0.3 is 10.1 Å². The van der Waals surface area contributed by atoms with Gasteiger partial charge >= 0.3 is 0 Å². The van der Waals surface area contributed by atoms with Crippen LogP contribution in [0.25, 0.3) is 27.8 Å². The Kier molecular flexibility index (Phi) is 6.22. The maximum absolute atomic E-state index is 12.8. The molecule has 0 aliphatic carbocycles. The van der Waals surface area contributed by atoms with Crippen molar-refractivity contribution in [2.75, 3.05) is 18.2 Å². The molecule has 0 aliphatic rings. The maximum Gasteiger partial charge on any atom is 0.234 e. The van der Waals surface area contributed by atoms with E-state index in [-0.39, 0.29) is 11.7 Å². The quantitative estimate of drug-likeness (QED) is 0.331. The van der Waals surface area contributed by atoms with Gasteiger partial charge in [0.1, 0.15) is 5.75 Å². The third-order valence-electron chi connectivity index (χ3n) is 5.30. The van der Waals surface area contributed by atoms with Gasteiger partial charge in [-0.15, -0.1) is 10.2 Å². The molecular weight excluding hydrogens is 446 g/mol. The number of amides is 1. The smallest absolute Gasteiger partial charge is 0.234 e. The van der Waals surface area contributed by atoms with Crippen LogP contribution in [0.4, 0.5) is 5.69 Å². The van der Waals surface area contributed by atoms with E-state index in [2.05, 4.69) is 20.5 Å². The first-order valence-electron chi connectivity index (χ1n) is 10.6. The van der Waals surface area contributed by atoms with Gasteiger partial charge in [0.15, 0.2) is 11.0 Å². The monoisotopic (exact) mass is 467 g/mol. The highest BCUT2D eigenvalue weighted by Crippen LogP contribution is 2.29. The van der Waals surface area contributed by atoms with Crippen LogP contribution in [0.5, 0.6) is 5.75 Å². The minimum Gasteiger partial charge on any atom is -0.497 e. The van der Waals surface area contributed by atoms with Crippen LogP contribution >= 0.6 is 11.8 Å². The number of nitrogens with zero attached hydrogens (tertiary/aromatic N) is 4. The summed E-state index contributed by atoms with van der Waals surface area (Å²) in [5.41, 5.74) is 2.54. The predicted octanol–water partition coefficient (Wildman–Crippen LogP) is 5.22. The van der Waals surface area contributed by atoms with Gasteiger partial charge in [-0.2, -0.15) is 0 Å². The van der Waals surface area contributed by atoms with Gasteiger partial charge in [-0.3, -0.25) is 14.3 Å². The average Bonchev–Trinajstić information content (AvgIpc) is 3.32. The third kappa shape index (κ3) is 4.49. The number of benzene rings is 3. The third-order valence-corrected chi connectivity index (χ3v) is 6.23. The Hall–Kier alpha value is -4.17. The number of ether oxygens (including phenoxy) is 1. The molecule has 34 heavy (non-hydrogen) atoms. The SMILES string of the molecule is COc1ccc(-n2c(SCC(=O)Nc3cccc4ccccc34)nnc2-c2ccncc2)cc1. The molecule has 168 valence electrons.